The van der Waals surface area contributed by atoms with Gasteiger partial charge in [0.15, 0.2) is 16.4 Å². The van der Waals surface area contributed by atoms with Crippen molar-refractivity contribution in [2.24, 2.45) is 0 Å². The molecule has 13 heavy (non-hydrogen) atoms. The van der Waals surface area contributed by atoms with Crippen LogP contribution in [-0.2, 0) is 6.18 Å². The van der Waals surface area contributed by atoms with Crippen LogP contribution in [0.4, 0.5) is 13.2 Å². The number of hydrogen-bond acceptors (Lipinski definition) is 3. The molecule has 6 heteroatoms. The van der Waals surface area contributed by atoms with Crippen LogP contribution in [0, 0.1) is 0 Å². The van der Waals surface area contributed by atoms with E-state index in [2.05, 4.69) is 0 Å². The molecule has 0 amide bonds. The standard InChI is InChI=1S/C7H5F3O2S/c8-7(9,10)6-5-4(3-13-6)11-1-2-12-5/h3H,1-2H2. The quantitative estimate of drug-likeness (QED) is 0.655. The lowest BCUT2D eigenvalue weighted by Gasteiger charge is -2.16. The second kappa shape index (κ2) is 2.80. The van der Waals surface area contributed by atoms with Crippen molar-refractivity contribution in [1.82, 2.24) is 0 Å². The topological polar surface area (TPSA) is 18.5 Å². The van der Waals surface area contributed by atoms with Gasteiger partial charge in [-0.25, -0.2) is 0 Å². The lowest BCUT2D eigenvalue weighted by Crippen LogP contribution is -2.16. The molecule has 2 rings (SSSR count). The van der Waals surface area contributed by atoms with E-state index in [0.29, 0.717) is 17.9 Å². The highest BCUT2D eigenvalue weighted by Crippen LogP contribution is 2.47. The molecule has 72 valence electrons. The van der Waals surface area contributed by atoms with E-state index < -0.39 is 11.1 Å². The fraction of sp³-hybridized carbons (Fsp3) is 0.429. The van der Waals surface area contributed by atoms with E-state index >= 15 is 0 Å². The van der Waals surface area contributed by atoms with Crippen molar-refractivity contribution in [2.75, 3.05) is 13.2 Å². The van der Waals surface area contributed by atoms with Crippen molar-refractivity contribution in [3.05, 3.63) is 10.3 Å². The molecule has 0 radical (unpaired) electrons. The zero-order valence-electron chi connectivity index (χ0n) is 6.35. The molecule has 1 aromatic rings. The fourth-order valence-electron chi connectivity index (χ4n) is 1.06. The Hall–Kier alpha value is -0.910. The first-order valence-electron chi connectivity index (χ1n) is 3.53. The van der Waals surface area contributed by atoms with Crippen LogP contribution in [-0.4, -0.2) is 13.2 Å². The molecule has 1 aromatic heterocycles. The summed E-state index contributed by atoms with van der Waals surface area (Å²) in [5.41, 5.74) is 0. The SMILES string of the molecule is FC(F)(F)c1scc2c1OCCO2. The van der Waals surface area contributed by atoms with E-state index in [4.69, 9.17) is 9.47 Å². The Morgan fingerprint density at radius 3 is 2.62 bits per heavy atom. The van der Waals surface area contributed by atoms with Gasteiger partial charge in [-0.3, -0.25) is 0 Å². The predicted molar refractivity (Wildman–Crippen MR) is 40.3 cm³/mol. The lowest BCUT2D eigenvalue weighted by molar-refractivity contribution is -0.136. The van der Waals surface area contributed by atoms with Gasteiger partial charge in [0.25, 0.3) is 0 Å². The summed E-state index contributed by atoms with van der Waals surface area (Å²) < 4.78 is 46.7. The van der Waals surface area contributed by atoms with Crippen LogP contribution in [0.3, 0.4) is 0 Å². The maximum absolute atomic E-state index is 12.3. The number of fused-ring (bicyclic) bond motifs is 1. The summed E-state index contributed by atoms with van der Waals surface area (Å²) in [4.78, 5) is -0.720. The van der Waals surface area contributed by atoms with Gasteiger partial charge in [-0.2, -0.15) is 13.2 Å². The van der Waals surface area contributed by atoms with Crippen LogP contribution in [0.5, 0.6) is 11.5 Å². The lowest BCUT2D eigenvalue weighted by atomic mass is 10.4. The molecule has 0 saturated heterocycles. The molecule has 0 aromatic carbocycles. The van der Waals surface area contributed by atoms with Crippen molar-refractivity contribution >= 4 is 11.3 Å². The van der Waals surface area contributed by atoms with Crippen molar-refractivity contribution in [2.45, 2.75) is 6.18 Å². The summed E-state index contributed by atoms with van der Waals surface area (Å²) in [5.74, 6) is 0.0346. The number of rotatable bonds is 0. The van der Waals surface area contributed by atoms with Crippen molar-refractivity contribution in [1.29, 1.82) is 0 Å². The van der Waals surface area contributed by atoms with E-state index in [1.165, 1.54) is 5.38 Å². The van der Waals surface area contributed by atoms with E-state index in [-0.39, 0.29) is 18.1 Å². The summed E-state index contributed by atoms with van der Waals surface area (Å²) in [7, 11) is 0. The number of hydrogen-bond donors (Lipinski definition) is 0. The van der Waals surface area contributed by atoms with Gasteiger partial charge in [0.1, 0.15) is 13.2 Å². The minimum atomic E-state index is -4.35. The maximum atomic E-state index is 12.3. The van der Waals surface area contributed by atoms with Gasteiger partial charge in [-0.15, -0.1) is 11.3 Å². The van der Waals surface area contributed by atoms with Crippen LogP contribution in [0.25, 0.3) is 0 Å². The van der Waals surface area contributed by atoms with Crippen LogP contribution in [0.15, 0.2) is 5.38 Å². The number of ether oxygens (including phenoxy) is 2. The smallest absolute Gasteiger partial charge is 0.429 e. The summed E-state index contributed by atoms with van der Waals surface area (Å²) >= 11 is 0.597. The highest BCUT2D eigenvalue weighted by atomic mass is 32.1. The Morgan fingerprint density at radius 1 is 1.23 bits per heavy atom. The van der Waals surface area contributed by atoms with Crippen molar-refractivity contribution in [3.63, 3.8) is 0 Å². The molecule has 0 saturated carbocycles. The van der Waals surface area contributed by atoms with Crippen molar-refractivity contribution < 1.29 is 22.6 Å². The van der Waals surface area contributed by atoms with E-state index in [9.17, 15) is 13.2 Å². The largest absolute Gasteiger partial charge is 0.485 e. The van der Waals surface area contributed by atoms with Crippen LogP contribution < -0.4 is 9.47 Å². The molecule has 0 unspecified atom stereocenters. The normalized spacial score (nSPS) is 15.9. The summed E-state index contributed by atoms with van der Waals surface area (Å²) in [6, 6.07) is 0. The maximum Gasteiger partial charge on any atom is 0.429 e. The second-order valence-corrected chi connectivity index (χ2v) is 3.33. The van der Waals surface area contributed by atoms with Gasteiger partial charge in [-0.05, 0) is 0 Å². The predicted octanol–water partition coefficient (Wildman–Crippen LogP) is 2.54. The summed E-state index contributed by atoms with van der Waals surface area (Å²) in [6.07, 6.45) is -4.35. The minimum Gasteiger partial charge on any atom is -0.485 e. The Morgan fingerprint density at radius 2 is 1.92 bits per heavy atom. The van der Waals surface area contributed by atoms with Gasteiger partial charge in [0.05, 0.1) is 0 Å². The van der Waals surface area contributed by atoms with Crippen molar-refractivity contribution in [3.8, 4) is 11.5 Å². The minimum absolute atomic E-state index is 0.163. The highest BCUT2D eigenvalue weighted by Gasteiger charge is 2.39. The molecule has 1 aliphatic heterocycles. The summed E-state index contributed by atoms with van der Waals surface area (Å²) in [5, 5.41) is 1.32. The van der Waals surface area contributed by atoms with Gasteiger partial charge in [0, 0.05) is 5.38 Å². The Balaban J connectivity index is 2.43. The van der Waals surface area contributed by atoms with Gasteiger partial charge in [0.2, 0.25) is 0 Å². The van der Waals surface area contributed by atoms with E-state index in [1.807, 2.05) is 0 Å². The molecule has 0 fully saturated rings. The molecule has 2 nitrogen and oxygen atoms in total. The Kier molecular flexibility index (Phi) is 1.87. The average Bonchev–Trinajstić information content (AvgIpc) is 2.45. The monoisotopic (exact) mass is 210 g/mol. The Labute approximate surface area is 75.9 Å². The molecule has 0 atom stereocenters. The molecule has 2 heterocycles. The number of thiophene rings is 1. The molecular weight excluding hydrogens is 205 g/mol. The first-order chi connectivity index (χ1) is 6.09. The van der Waals surface area contributed by atoms with Gasteiger partial charge in [-0.1, -0.05) is 0 Å². The molecule has 0 N–H and O–H groups in total. The second-order valence-electron chi connectivity index (χ2n) is 2.45. The fourth-order valence-corrected chi connectivity index (χ4v) is 1.86. The average molecular weight is 210 g/mol. The zero-order valence-corrected chi connectivity index (χ0v) is 7.17. The third-order valence-electron chi connectivity index (χ3n) is 1.56. The number of alkyl halides is 3. The third kappa shape index (κ3) is 1.46. The van der Waals surface area contributed by atoms with Crippen LogP contribution in [0.2, 0.25) is 0 Å². The molecule has 1 aliphatic rings. The third-order valence-corrected chi connectivity index (χ3v) is 2.54. The first-order valence-corrected chi connectivity index (χ1v) is 4.41. The molecule has 0 spiro atoms. The van der Waals surface area contributed by atoms with Crippen LogP contribution >= 0.6 is 11.3 Å². The zero-order chi connectivity index (χ0) is 9.47. The first kappa shape index (κ1) is 8.68. The summed E-state index contributed by atoms with van der Waals surface area (Å²) in [6.45, 7) is 0.480. The highest BCUT2D eigenvalue weighted by molar-refractivity contribution is 7.10. The number of halogens is 3. The van der Waals surface area contributed by atoms with Crippen LogP contribution in [0.1, 0.15) is 4.88 Å². The van der Waals surface area contributed by atoms with Gasteiger partial charge < -0.3 is 9.47 Å². The van der Waals surface area contributed by atoms with E-state index in [1.54, 1.807) is 0 Å². The Bertz CT molecular complexity index is 318. The molecule has 0 bridgehead atoms. The molecular formula is C7H5F3O2S. The van der Waals surface area contributed by atoms with Gasteiger partial charge >= 0.3 is 6.18 Å². The van der Waals surface area contributed by atoms with E-state index in [0.717, 1.165) is 0 Å². The molecule has 0 aliphatic carbocycles.